The van der Waals surface area contributed by atoms with E-state index in [9.17, 15) is 5.11 Å². The molecular weight excluding hydrogens is 222 g/mol. The van der Waals surface area contributed by atoms with Crippen molar-refractivity contribution >= 4 is 0 Å². The highest BCUT2D eigenvalue weighted by Gasteiger charge is 2.39. The average molecular weight is 247 g/mol. The number of aliphatic hydroxyl groups is 1. The van der Waals surface area contributed by atoms with Crippen LogP contribution in [0.25, 0.3) is 0 Å². The summed E-state index contributed by atoms with van der Waals surface area (Å²) in [6.07, 6.45) is 8.75. The molecule has 1 aromatic rings. The first-order valence-corrected chi connectivity index (χ1v) is 7.11. The van der Waals surface area contributed by atoms with Crippen molar-refractivity contribution in [1.29, 1.82) is 0 Å². The van der Waals surface area contributed by atoms with Gasteiger partial charge in [0.05, 0.1) is 5.60 Å². The molecule has 2 nitrogen and oxygen atoms in total. The minimum Gasteiger partial charge on any atom is -0.385 e. The van der Waals surface area contributed by atoms with E-state index in [0.29, 0.717) is 5.41 Å². The van der Waals surface area contributed by atoms with E-state index in [0.717, 1.165) is 37.2 Å². The van der Waals surface area contributed by atoms with Crippen LogP contribution in [-0.4, -0.2) is 10.1 Å². The van der Waals surface area contributed by atoms with Crippen LogP contribution >= 0.6 is 0 Å². The highest BCUT2D eigenvalue weighted by atomic mass is 16.3. The fraction of sp³-hybridized carbons (Fsp3) is 0.688. The van der Waals surface area contributed by atoms with Gasteiger partial charge in [0.1, 0.15) is 0 Å². The Morgan fingerprint density at radius 1 is 1.39 bits per heavy atom. The van der Waals surface area contributed by atoms with Crippen molar-refractivity contribution in [2.75, 3.05) is 0 Å². The maximum atomic E-state index is 10.8. The SMILES string of the molecule is CCC(C)(C)C1CCC(O)(c2cccnc2)CC1. The molecule has 2 heteroatoms. The second-order valence-corrected chi connectivity index (χ2v) is 6.39. The summed E-state index contributed by atoms with van der Waals surface area (Å²) in [5.41, 5.74) is 0.739. The minimum absolute atomic E-state index is 0.399. The van der Waals surface area contributed by atoms with Gasteiger partial charge in [0.15, 0.2) is 0 Å². The number of rotatable bonds is 3. The molecule has 0 spiro atoms. The van der Waals surface area contributed by atoms with E-state index in [2.05, 4.69) is 25.8 Å². The third kappa shape index (κ3) is 2.59. The first-order chi connectivity index (χ1) is 8.48. The predicted octanol–water partition coefficient (Wildman–Crippen LogP) is 3.90. The van der Waals surface area contributed by atoms with Crippen LogP contribution in [0.1, 0.15) is 58.4 Å². The Bertz CT molecular complexity index is 377. The maximum absolute atomic E-state index is 10.8. The molecule has 2 rings (SSSR count). The van der Waals surface area contributed by atoms with E-state index in [4.69, 9.17) is 0 Å². The maximum Gasteiger partial charge on any atom is 0.0911 e. The first-order valence-electron chi connectivity index (χ1n) is 7.11. The van der Waals surface area contributed by atoms with Crippen LogP contribution in [0.2, 0.25) is 0 Å². The predicted molar refractivity (Wildman–Crippen MR) is 74.2 cm³/mol. The van der Waals surface area contributed by atoms with E-state index in [1.165, 1.54) is 6.42 Å². The highest BCUT2D eigenvalue weighted by Crippen LogP contribution is 2.46. The Morgan fingerprint density at radius 2 is 2.06 bits per heavy atom. The molecule has 0 aromatic carbocycles. The topological polar surface area (TPSA) is 33.1 Å². The Hall–Kier alpha value is -0.890. The van der Waals surface area contributed by atoms with Crippen LogP contribution in [-0.2, 0) is 5.60 Å². The Morgan fingerprint density at radius 3 is 2.56 bits per heavy atom. The van der Waals surface area contributed by atoms with Crippen LogP contribution in [0.5, 0.6) is 0 Å². The van der Waals surface area contributed by atoms with Crippen LogP contribution in [0, 0.1) is 11.3 Å². The first kappa shape index (κ1) is 13.5. The molecule has 0 radical (unpaired) electrons. The largest absolute Gasteiger partial charge is 0.385 e. The Kier molecular flexibility index (Phi) is 3.76. The van der Waals surface area contributed by atoms with E-state index >= 15 is 0 Å². The molecule has 0 amide bonds. The molecule has 1 aliphatic carbocycles. The normalized spacial score (nSPS) is 29.2. The smallest absolute Gasteiger partial charge is 0.0911 e. The molecule has 100 valence electrons. The summed E-state index contributed by atoms with van der Waals surface area (Å²) in [6.45, 7) is 6.97. The average Bonchev–Trinajstić information content (AvgIpc) is 2.40. The van der Waals surface area contributed by atoms with Gasteiger partial charge in [0, 0.05) is 18.0 Å². The molecule has 0 saturated heterocycles. The summed E-state index contributed by atoms with van der Waals surface area (Å²) in [4.78, 5) is 4.13. The second kappa shape index (κ2) is 5.00. The fourth-order valence-corrected chi connectivity index (χ4v) is 3.09. The Balaban J connectivity index is 2.06. The minimum atomic E-state index is -0.644. The number of pyridine rings is 1. The lowest BCUT2D eigenvalue weighted by molar-refractivity contribution is -0.0330. The molecule has 1 saturated carbocycles. The fourth-order valence-electron chi connectivity index (χ4n) is 3.09. The van der Waals surface area contributed by atoms with E-state index in [1.54, 1.807) is 6.20 Å². The van der Waals surface area contributed by atoms with Crippen molar-refractivity contribution in [3.8, 4) is 0 Å². The molecule has 0 unspecified atom stereocenters. The van der Waals surface area contributed by atoms with Gasteiger partial charge in [-0.05, 0) is 43.1 Å². The van der Waals surface area contributed by atoms with Gasteiger partial charge in [-0.2, -0.15) is 0 Å². The third-order valence-corrected chi connectivity index (χ3v) is 5.03. The molecule has 0 bridgehead atoms. The standard InChI is InChI=1S/C16H25NO/c1-4-15(2,3)13-7-9-16(18,10-8-13)14-6-5-11-17-12-14/h5-6,11-13,18H,4,7-10H2,1-3H3. The van der Waals surface area contributed by atoms with E-state index in [1.807, 2.05) is 18.3 Å². The molecule has 1 aliphatic rings. The van der Waals surface area contributed by atoms with Gasteiger partial charge >= 0.3 is 0 Å². The number of hydrogen-bond acceptors (Lipinski definition) is 2. The van der Waals surface area contributed by atoms with Gasteiger partial charge in [-0.25, -0.2) is 0 Å². The van der Waals surface area contributed by atoms with Crippen LogP contribution in [0.15, 0.2) is 24.5 Å². The molecule has 18 heavy (non-hydrogen) atoms. The molecule has 1 N–H and O–H groups in total. The van der Waals surface area contributed by atoms with Crippen LogP contribution in [0.3, 0.4) is 0 Å². The second-order valence-electron chi connectivity index (χ2n) is 6.39. The zero-order valence-corrected chi connectivity index (χ0v) is 11.8. The van der Waals surface area contributed by atoms with Gasteiger partial charge in [-0.3, -0.25) is 4.98 Å². The lowest BCUT2D eigenvalue weighted by atomic mass is 9.65. The molecule has 0 aliphatic heterocycles. The summed E-state index contributed by atoms with van der Waals surface area (Å²) in [6, 6.07) is 3.91. The lowest BCUT2D eigenvalue weighted by Gasteiger charge is -2.42. The molecule has 0 atom stereocenters. The monoisotopic (exact) mass is 247 g/mol. The summed E-state index contributed by atoms with van der Waals surface area (Å²) in [5.74, 6) is 0.736. The lowest BCUT2D eigenvalue weighted by Crippen LogP contribution is -2.36. The molecule has 1 heterocycles. The van der Waals surface area contributed by atoms with E-state index < -0.39 is 5.60 Å². The summed E-state index contributed by atoms with van der Waals surface area (Å²) in [5, 5.41) is 10.8. The molecular formula is C16H25NO. The highest BCUT2D eigenvalue weighted by molar-refractivity contribution is 5.18. The van der Waals surface area contributed by atoms with Crippen LogP contribution < -0.4 is 0 Å². The summed E-state index contributed by atoms with van der Waals surface area (Å²) < 4.78 is 0. The van der Waals surface area contributed by atoms with Crippen LogP contribution in [0.4, 0.5) is 0 Å². The van der Waals surface area contributed by atoms with Gasteiger partial charge in [-0.15, -0.1) is 0 Å². The van der Waals surface area contributed by atoms with Gasteiger partial charge in [0.2, 0.25) is 0 Å². The van der Waals surface area contributed by atoms with Gasteiger partial charge < -0.3 is 5.11 Å². The zero-order valence-electron chi connectivity index (χ0n) is 11.8. The summed E-state index contributed by atoms with van der Waals surface area (Å²) >= 11 is 0. The molecule has 1 aromatic heterocycles. The van der Waals surface area contributed by atoms with Crippen molar-refractivity contribution in [3.63, 3.8) is 0 Å². The van der Waals surface area contributed by atoms with Gasteiger partial charge in [-0.1, -0.05) is 33.3 Å². The number of nitrogens with zero attached hydrogens (tertiary/aromatic N) is 1. The molecule has 1 fully saturated rings. The zero-order chi connectivity index (χ0) is 13.2. The third-order valence-electron chi connectivity index (χ3n) is 5.03. The quantitative estimate of drug-likeness (QED) is 0.879. The van der Waals surface area contributed by atoms with Crippen molar-refractivity contribution in [2.45, 2.75) is 58.5 Å². The van der Waals surface area contributed by atoms with Gasteiger partial charge in [0.25, 0.3) is 0 Å². The number of aromatic nitrogens is 1. The van der Waals surface area contributed by atoms with Crippen molar-refractivity contribution < 1.29 is 5.11 Å². The Labute approximate surface area is 110 Å². The van der Waals surface area contributed by atoms with Crippen molar-refractivity contribution in [2.24, 2.45) is 11.3 Å². The number of hydrogen-bond donors (Lipinski definition) is 1. The van der Waals surface area contributed by atoms with Crippen molar-refractivity contribution in [3.05, 3.63) is 30.1 Å². The summed E-state index contributed by atoms with van der Waals surface area (Å²) in [7, 11) is 0. The van der Waals surface area contributed by atoms with Crippen molar-refractivity contribution in [1.82, 2.24) is 4.98 Å². The van der Waals surface area contributed by atoms with E-state index in [-0.39, 0.29) is 0 Å².